The number of nitrogens with zero attached hydrogens (tertiary/aromatic N) is 1. The number of anilines is 2. The zero-order valence-corrected chi connectivity index (χ0v) is 15.2. The Kier molecular flexibility index (Phi) is 5.80. The van der Waals surface area contributed by atoms with E-state index in [4.69, 9.17) is 15.2 Å². The number of carbonyl (C=O) groups is 2. The third-order valence-electron chi connectivity index (χ3n) is 4.39. The Labute approximate surface area is 158 Å². The van der Waals surface area contributed by atoms with E-state index in [0.717, 1.165) is 37.3 Å². The molecule has 27 heavy (non-hydrogen) atoms. The van der Waals surface area contributed by atoms with Gasteiger partial charge in [0.05, 0.1) is 18.5 Å². The van der Waals surface area contributed by atoms with E-state index >= 15 is 0 Å². The Hall–Kier alpha value is -3.22. The molecule has 7 heteroatoms. The van der Waals surface area contributed by atoms with Gasteiger partial charge in [-0.3, -0.25) is 9.59 Å². The summed E-state index contributed by atoms with van der Waals surface area (Å²) < 4.78 is 10.5. The number of amides is 2. The average Bonchev–Trinajstić information content (AvgIpc) is 3.21. The molecule has 2 aromatic carbocycles. The van der Waals surface area contributed by atoms with Crippen LogP contribution in [0.5, 0.6) is 11.5 Å². The minimum atomic E-state index is -0.586. The largest absolute Gasteiger partial charge is 0.493 e. The van der Waals surface area contributed by atoms with E-state index in [2.05, 4.69) is 10.2 Å². The fourth-order valence-corrected chi connectivity index (χ4v) is 3.08. The second-order valence-electron chi connectivity index (χ2n) is 6.29. The summed E-state index contributed by atoms with van der Waals surface area (Å²) in [5, 5.41) is 2.97. The van der Waals surface area contributed by atoms with E-state index in [9.17, 15) is 9.59 Å². The van der Waals surface area contributed by atoms with Gasteiger partial charge >= 0.3 is 0 Å². The number of para-hydroxylation sites is 2. The number of hydrogen-bond acceptors (Lipinski definition) is 5. The SMILES string of the molecule is COc1cc(C(=O)Nc2ccccc2N2CCCC2)ccc1OCC(N)=O. The van der Waals surface area contributed by atoms with Crippen molar-refractivity contribution in [2.45, 2.75) is 12.8 Å². The highest BCUT2D eigenvalue weighted by molar-refractivity contribution is 6.06. The van der Waals surface area contributed by atoms with Gasteiger partial charge in [0, 0.05) is 18.7 Å². The van der Waals surface area contributed by atoms with Crippen LogP contribution in [-0.2, 0) is 4.79 Å². The quantitative estimate of drug-likeness (QED) is 0.782. The molecule has 0 saturated carbocycles. The molecule has 2 aromatic rings. The Balaban J connectivity index is 1.77. The molecular formula is C20H23N3O4. The number of hydrogen-bond donors (Lipinski definition) is 2. The predicted molar refractivity (Wildman–Crippen MR) is 104 cm³/mol. The number of benzene rings is 2. The smallest absolute Gasteiger partial charge is 0.255 e. The topological polar surface area (TPSA) is 93.9 Å². The summed E-state index contributed by atoms with van der Waals surface area (Å²) in [7, 11) is 1.47. The lowest BCUT2D eigenvalue weighted by Gasteiger charge is -2.21. The Morgan fingerprint density at radius 2 is 1.85 bits per heavy atom. The third-order valence-corrected chi connectivity index (χ3v) is 4.39. The number of methoxy groups -OCH3 is 1. The second-order valence-corrected chi connectivity index (χ2v) is 6.29. The summed E-state index contributed by atoms with van der Waals surface area (Å²) in [6.45, 7) is 1.73. The molecule has 0 aromatic heterocycles. The standard InChI is InChI=1S/C20H23N3O4/c1-26-18-12-14(8-9-17(18)27-13-19(21)24)20(25)22-15-6-2-3-7-16(15)23-10-4-5-11-23/h2-3,6-9,12H,4-5,10-11,13H2,1H3,(H2,21,24)(H,22,25). The minimum Gasteiger partial charge on any atom is -0.493 e. The zero-order chi connectivity index (χ0) is 19.2. The lowest BCUT2D eigenvalue weighted by atomic mass is 10.1. The van der Waals surface area contributed by atoms with Crippen LogP contribution in [0.3, 0.4) is 0 Å². The molecule has 1 aliphatic rings. The van der Waals surface area contributed by atoms with Crippen LogP contribution in [0.2, 0.25) is 0 Å². The average molecular weight is 369 g/mol. The van der Waals surface area contributed by atoms with Gasteiger partial charge in [-0.15, -0.1) is 0 Å². The maximum atomic E-state index is 12.7. The summed E-state index contributed by atoms with van der Waals surface area (Å²) in [6.07, 6.45) is 2.32. The van der Waals surface area contributed by atoms with Crippen LogP contribution in [0.1, 0.15) is 23.2 Å². The van der Waals surface area contributed by atoms with Crippen molar-refractivity contribution in [1.29, 1.82) is 0 Å². The molecule has 0 radical (unpaired) electrons. The van der Waals surface area contributed by atoms with Crippen LogP contribution in [0, 0.1) is 0 Å². The van der Waals surface area contributed by atoms with Crippen LogP contribution in [0.4, 0.5) is 11.4 Å². The monoisotopic (exact) mass is 369 g/mol. The molecule has 142 valence electrons. The Morgan fingerprint density at radius 3 is 2.56 bits per heavy atom. The van der Waals surface area contributed by atoms with E-state index in [-0.39, 0.29) is 12.5 Å². The van der Waals surface area contributed by atoms with Gasteiger partial charge in [0.15, 0.2) is 18.1 Å². The van der Waals surface area contributed by atoms with E-state index in [1.165, 1.54) is 7.11 Å². The number of nitrogens with one attached hydrogen (secondary N) is 1. The molecule has 0 unspecified atom stereocenters. The highest BCUT2D eigenvalue weighted by atomic mass is 16.5. The van der Waals surface area contributed by atoms with Crippen LogP contribution >= 0.6 is 0 Å². The van der Waals surface area contributed by atoms with Crippen LogP contribution < -0.4 is 25.4 Å². The molecule has 0 spiro atoms. The summed E-state index contributed by atoms with van der Waals surface area (Å²) >= 11 is 0. The maximum absolute atomic E-state index is 12.7. The number of carbonyl (C=O) groups excluding carboxylic acids is 2. The van der Waals surface area contributed by atoms with Gasteiger partial charge < -0.3 is 25.4 Å². The van der Waals surface area contributed by atoms with Crippen molar-refractivity contribution >= 4 is 23.2 Å². The molecule has 2 amide bonds. The van der Waals surface area contributed by atoms with Crippen molar-refractivity contribution in [2.24, 2.45) is 5.73 Å². The molecule has 0 aliphatic carbocycles. The van der Waals surface area contributed by atoms with Crippen molar-refractivity contribution in [3.63, 3.8) is 0 Å². The molecule has 1 aliphatic heterocycles. The third kappa shape index (κ3) is 4.49. The Bertz CT molecular complexity index is 832. The first-order valence-electron chi connectivity index (χ1n) is 8.83. The molecule has 1 heterocycles. The molecule has 7 nitrogen and oxygen atoms in total. The molecule has 0 atom stereocenters. The van der Waals surface area contributed by atoms with Crippen LogP contribution in [-0.4, -0.2) is 38.6 Å². The van der Waals surface area contributed by atoms with E-state index in [0.29, 0.717) is 17.1 Å². The zero-order valence-electron chi connectivity index (χ0n) is 15.2. The fourth-order valence-electron chi connectivity index (χ4n) is 3.08. The molecule has 1 saturated heterocycles. The molecule has 3 rings (SSSR count). The van der Waals surface area contributed by atoms with Crippen LogP contribution in [0.25, 0.3) is 0 Å². The normalized spacial score (nSPS) is 13.3. The second kappa shape index (κ2) is 8.44. The first-order chi connectivity index (χ1) is 13.1. The Morgan fingerprint density at radius 1 is 1.11 bits per heavy atom. The van der Waals surface area contributed by atoms with Gasteiger partial charge in [0.2, 0.25) is 0 Å². The van der Waals surface area contributed by atoms with Crippen LogP contribution in [0.15, 0.2) is 42.5 Å². The molecule has 3 N–H and O–H groups in total. The van der Waals surface area contributed by atoms with Gasteiger partial charge in [0.25, 0.3) is 11.8 Å². The van der Waals surface area contributed by atoms with Gasteiger partial charge in [-0.25, -0.2) is 0 Å². The van der Waals surface area contributed by atoms with Gasteiger partial charge in [-0.1, -0.05) is 12.1 Å². The molecule has 0 bridgehead atoms. The van der Waals surface area contributed by atoms with Gasteiger partial charge in [0.1, 0.15) is 0 Å². The van der Waals surface area contributed by atoms with E-state index in [1.54, 1.807) is 18.2 Å². The summed E-state index contributed by atoms with van der Waals surface area (Å²) in [5.41, 5.74) is 7.31. The minimum absolute atomic E-state index is 0.249. The molecule has 1 fully saturated rings. The first-order valence-corrected chi connectivity index (χ1v) is 8.83. The summed E-state index contributed by atoms with van der Waals surface area (Å²) in [6, 6.07) is 12.6. The number of rotatable bonds is 7. The van der Waals surface area contributed by atoms with Crippen molar-refractivity contribution in [2.75, 3.05) is 37.0 Å². The number of primary amides is 1. The first kappa shape index (κ1) is 18.6. The lowest BCUT2D eigenvalue weighted by molar-refractivity contribution is -0.119. The highest BCUT2D eigenvalue weighted by Gasteiger charge is 2.18. The summed E-state index contributed by atoms with van der Waals surface area (Å²) in [5.74, 6) is -0.124. The van der Waals surface area contributed by atoms with Gasteiger partial charge in [-0.2, -0.15) is 0 Å². The van der Waals surface area contributed by atoms with Gasteiger partial charge in [-0.05, 0) is 43.2 Å². The maximum Gasteiger partial charge on any atom is 0.255 e. The predicted octanol–water partition coefficient (Wildman–Crippen LogP) is 2.41. The van der Waals surface area contributed by atoms with E-state index in [1.807, 2.05) is 24.3 Å². The lowest BCUT2D eigenvalue weighted by Crippen LogP contribution is -2.21. The number of ether oxygens (including phenoxy) is 2. The summed E-state index contributed by atoms with van der Waals surface area (Å²) in [4.78, 5) is 25.9. The van der Waals surface area contributed by atoms with Crippen molar-refractivity contribution in [1.82, 2.24) is 0 Å². The highest BCUT2D eigenvalue weighted by Crippen LogP contribution is 2.31. The van der Waals surface area contributed by atoms with Crippen molar-refractivity contribution < 1.29 is 19.1 Å². The van der Waals surface area contributed by atoms with Crippen molar-refractivity contribution in [3.05, 3.63) is 48.0 Å². The number of nitrogens with two attached hydrogens (primary N) is 1. The molecular weight excluding hydrogens is 346 g/mol. The van der Waals surface area contributed by atoms with Crippen molar-refractivity contribution in [3.8, 4) is 11.5 Å². The van der Waals surface area contributed by atoms with E-state index < -0.39 is 5.91 Å². The fraction of sp³-hybridized carbons (Fsp3) is 0.300.